The second-order valence-electron chi connectivity index (χ2n) is 3.83. The van der Waals surface area contributed by atoms with Crippen LogP contribution in [0.3, 0.4) is 0 Å². The summed E-state index contributed by atoms with van der Waals surface area (Å²) in [4.78, 5) is 11.6. The lowest BCUT2D eigenvalue weighted by atomic mass is 10.0. The van der Waals surface area contributed by atoms with Crippen LogP contribution in [0.15, 0.2) is 16.9 Å². The highest BCUT2D eigenvalue weighted by molar-refractivity contribution is 5.92. The molecule has 2 heterocycles. The van der Waals surface area contributed by atoms with Crippen LogP contribution in [0.1, 0.15) is 23.8 Å². The molecule has 0 saturated carbocycles. The normalized spacial score (nSPS) is 26.4. The highest BCUT2D eigenvalue weighted by Gasteiger charge is 2.30. The minimum atomic E-state index is -0.176. The predicted octanol–water partition coefficient (Wildman–Crippen LogP) is 0.156. The van der Waals surface area contributed by atoms with Crippen molar-refractivity contribution in [2.24, 2.45) is 0 Å². The predicted molar refractivity (Wildman–Crippen MR) is 49.9 cm³/mol. The van der Waals surface area contributed by atoms with Gasteiger partial charge in [0, 0.05) is 12.6 Å². The Morgan fingerprint density at radius 1 is 1.79 bits per heavy atom. The van der Waals surface area contributed by atoms with Gasteiger partial charge in [-0.05, 0) is 19.9 Å². The Morgan fingerprint density at radius 2 is 2.64 bits per heavy atom. The van der Waals surface area contributed by atoms with Gasteiger partial charge in [0.05, 0.1) is 5.54 Å². The van der Waals surface area contributed by atoms with Gasteiger partial charge in [-0.15, -0.1) is 0 Å². The van der Waals surface area contributed by atoms with E-state index in [-0.39, 0.29) is 11.4 Å². The van der Waals surface area contributed by atoms with Crippen molar-refractivity contribution >= 4 is 5.91 Å². The van der Waals surface area contributed by atoms with Gasteiger partial charge < -0.3 is 15.2 Å². The van der Waals surface area contributed by atoms with E-state index in [1.54, 1.807) is 6.07 Å². The molecule has 0 aliphatic carbocycles. The van der Waals surface area contributed by atoms with Gasteiger partial charge in [0.15, 0.2) is 5.69 Å². The van der Waals surface area contributed by atoms with Gasteiger partial charge >= 0.3 is 0 Å². The average molecular weight is 195 g/mol. The summed E-state index contributed by atoms with van der Waals surface area (Å²) in [5.41, 5.74) is 0.175. The Labute approximate surface area is 81.8 Å². The Hall–Kier alpha value is -1.36. The first kappa shape index (κ1) is 9.21. The zero-order valence-corrected chi connectivity index (χ0v) is 8.04. The van der Waals surface area contributed by atoms with Crippen LogP contribution >= 0.6 is 0 Å². The van der Waals surface area contributed by atoms with Crippen molar-refractivity contribution in [3.05, 3.63) is 18.0 Å². The van der Waals surface area contributed by atoms with Crippen molar-refractivity contribution < 1.29 is 9.32 Å². The molecule has 0 spiro atoms. The van der Waals surface area contributed by atoms with Crippen molar-refractivity contribution in [2.75, 3.05) is 13.1 Å². The van der Waals surface area contributed by atoms with Gasteiger partial charge in [-0.2, -0.15) is 0 Å². The van der Waals surface area contributed by atoms with Crippen LogP contribution in [0.2, 0.25) is 0 Å². The fraction of sp³-hybridized carbons (Fsp3) is 0.556. The SMILES string of the molecule is CC1(NC(=O)c2ccon2)CCNC1. The molecule has 1 aliphatic heterocycles. The van der Waals surface area contributed by atoms with E-state index in [1.165, 1.54) is 6.26 Å². The number of nitrogens with one attached hydrogen (secondary N) is 2. The molecular formula is C9H13N3O2. The first-order valence-electron chi connectivity index (χ1n) is 4.63. The third-order valence-electron chi connectivity index (χ3n) is 2.45. The molecule has 5 heteroatoms. The van der Waals surface area contributed by atoms with E-state index >= 15 is 0 Å². The summed E-state index contributed by atoms with van der Waals surface area (Å²) >= 11 is 0. The van der Waals surface area contributed by atoms with Crippen molar-refractivity contribution in [3.63, 3.8) is 0 Å². The molecule has 0 bridgehead atoms. The van der Waals surface area contributed by atoms with Gasteiger partial charge in [0.1, 0.15) is 6.26 Å². The Balaban J connectivity index is 2.01. The van der Waals surface area contributed by atoms with Gasteiger partial charge in [-0.1, -0.05) is 5.16 Å². The monoisotopic (exact) mass is 195 g/mol. The van der Waals surface area contributed by atoms with Crippen molar-refractivity contribution in [3.8, 4) is 0 Å². The summed E-state index contributed by atoms with van der Waals surface area (Å²) in [6, 6.07) is 1.56. The first-order chi connectivity index (χ1) is 6.70. The molecule has 1 aromatic heterocycles. The molecule has 5 nitrogen and oxygen atoms in total. The Bertz CT molecular complexity index is 315. The summed E-state index contributed by atoms with van der Waals surface area (Å²) in [6.45, 7) is 3.76. The van der Waals surface area contributed by atoms with Crippen molar-refractivity contribution in [2.45, 2.75) is 18.9 Å². The lowest BCUT2D eigenvalue weighted by Gasteiger charge is -2.23. The molecule has 2 N–H and O–H groups in total. The van der Waals surface area contributed by atoms with Gasteiger partial charge in [0.2, 0.25) is 0 Å². The molecular weight excluding hydrogens is 182 g/mol. The Kier molecular flexibility index (Phi) is 2.25. The van der Waals surface area contributed by atoms with E-state index in [9.17, 15) is 4.79 Å². The minimum Gasteiger partial charge on any atom is -0.364 e. The molecule has 14 heavy (non-hydrogen) atoms. The molecule has 0 radical (unpaired) electrons. The third kappa shape index (κ3) is 1.77. The number of carbonyl (C=O) groups is 1. The zero-order chi connectivity index (χ0) is 10.0. The Morgan fingerprint density at radius 3 is 3.21 bits per heavy atom. The molecule has 76 valence electrons. The molecule has 1 amide bonds. The number of rotatable bonds is 2. The van der Waals surface area contributed by atoms with E-state index in [0.29, 0.717) is 5.69 Å². The second-order valence-corrected chi connectivity index (χ2v) is 3.83. The number of hydrogen-bond donors (Lipinski definition) is 2. The van der Waals surface area contributed by atoms with Crippen LogP contribution in [0.4, 0.5) is 0 Å². The molecule has 1 aromatic rings. The summed E-state index contributed by atoms with van der Waals surface area (Å²) in [5, 5.41) is 9.72. The maximum Gasteiger partial charge on any atom is 0.273 e. The van der Waals surface area contributed by atoms with E-state index in [1.807, 2.05) is 6.92 Å². The first-order valence-corrected chi connectivity index (χ1v) is 4.63. The average Bonchev–Trinajstić information content (AvgIpc) is 2.74. The van der Waals surface area contributed by atoms with E-state index < -0.39 is 0 Å². The van der Waals surface area contributed by atoms with Gasteiger partial charge in [-0.3, -0.25) is 4.79 Å². The quantitative estimate of drug-likeness (QED) is 0.705. The molecule has 1 atom stereocenters. The fourth-order valence-corrected chi connectivity index (χ4v) is 1.59. The van der Waals surface area contributed by atoms with Gasteiger partial charge in [-0.25, -0.2) is 0 Å². The van der Waals surface area contributed by atoms with Crippen LogP contribution in [0, 0.1) is 0 Å². The maximum atomic E-state index is 11.6. The maximum absolute atomic E-state index is 11.6. The topological polar surface area (TPSA) is 67.2 Å². The minimum absolute atomic E-state index is 0.157. The molecule has 1 unspecified atom stereocenters. The zero-order valence-electron chi connectivity index (χ0n) is 8.04. The third-order valence-corrected chi connectivity index (χ3v) is 2.45. The molecule has 1 aliphatic rings. The summed E-state index contributed by atoms with van der Waals surface area (Å²) in [6.07, 6.45) is 2.33. The summed E-state index contributed by atoms with van der Waals surface area (Å²) in [7, 11) is 0. The smallest absolute Gasteiger partial charge is 0.273 e. The van der Waals surface area contributed by atoms with Crippen molar-refractivity contribution in [1.82, 2.24) is 15.8 Å². The lowest BCUT2D eigenvalue weighted by Crippen LogP contribution is -2.47. The fourth-order valence-electron chi connectivity index (χ4n) is 1.59. The van der Waals surface area contributed by atoms with Gasteiger partial charge in [0.25, 0.3) is 5.91 Å². The lowest BCUT2D eigenvalue weighted by molar-refractivity contribution is 0.0904. The highest BCUT2D eigenvalue weighted by Crippen LogP contribution is 2.13. The molecule has 1 fully saturated rings. The van der Waals surface area contributed by atoms with Crippen LogP contribution in [0.25, 0.3) is 0 Å². The van der Waals surface area contributed by atoms with Crippen LogP contribution in [-0.2, 0) is 0 Å². The van der Waals surface area contributed by atoms with Crippen LogP contribution in [0.5, 0.6) is 0 Å². The van der Waals surface area contributed by atoms with E-state index in [0.717, 1.165) is 19.5 Å². The van der Waals surface area contributed by atoms with E-state index in [2.05, 4.69) is 20.3 Å². The second kappa shape index (κ2) is 3.42. The number of hydrogen-bond acceptors (Lipinski definition) is 4. The largest absolute Gasteiger partial charge is 0.364 e. The standard InChI is InChI=1S/C9H13N3O2/c1-9(3-4-10-6-9)11-8(13)7-2-5-14-12-7/h2,5,10H,3-4,6H2,1H3,(H,11,13). The number of aromatic nitrogens is 1. The molecule has 2 rings (SSSR count). The number of amides is 1. The van der Waals surface area contributed by atoms with Crippen LogP contribution in [-0.4, -0.2) is 29.7 Å². The van der Waals surface area contributed by atoms with Crippen molar-refractivity contribution in [1.29, 1.82) is 0 Å². The number of nitrogens with zero attached hydrogens (tertiary/aromatic N) is 1. The summed E-state index contributed by atoms with van der Waals surface area (Å²) in [5.74, 6) is -0.176. The highest BCUT2D eigenvalue weighted by atomic mass is 16.5. The molecule has 0 aromatic carbocycles. The van der Waals surface area contributed by atoms with Crippen LogP contribution < -0.4 is 10.6 Å². The molecule has 1 saturated heterocycles. The van der Waals surface area contributed by atoms with E-state index in [4.69, 9.17) is 0 Å². The summed E-state index contributed by atoms with van der Waals surface area (Å²) < 4.78 is 4.61. The number of carbonyl (C=O) groups excluding carboxylic acids is 1.